The predicted molar refractivity (Wildman–Crippen MR) is 96.2 cm³/mol. The van der Waals surface area contributed by atoms with E-state index >= 15 is 0 Å². The van der Waals surface area contributed by atoms with Crippen LogP contribution in [-0.4, -0.2) is 36.1 Å². The van der Waals surface area contributed by atoms with E-state index in [4.69, 9.17) is 0 Å². The van der Waals surface area contributed by atoms with Crippen LogP contribution in [-0.2, 0) is 6.42 Å². The molecule has 1 fully saturated rings. The number of nitrogens with zero attached hydrogens (tertiary/aromatic N) is 4. The van der Waals surface area contributed by atoms with Gasteiger partial charge in [-0.3, -0.25) is 0 Å². The molecule has 1 aromatic carbocycles. The van der Waals surface area contributed by atoms with Gasteiger partial charge in [0, 0.05) is 44.3 Å². The van der Waals surface area contributed by atoms with Gasteiger partial charge in [0.15, 0.2) is 0 Å². The molecule has 122 valence electrons. The molecular formula is C19H26N4. The Bertz CT molecular complexity index is 631. The molecule has 0 aliphatic carbocycles. The lowest BCUT2D eigenvalue weighted by atomic mass is 9.98. The number of hydrogen-bond acceptors (Lipinski definition) is 4. The predicted octanol–water partition coefficient (Wildman–Crippen LogP) is 3.31. The summed E-state index contributed by atoms with van der Waals surface area (Å²) >= 11 is 0. The minimum Gasteiger partial charge on any atom is -0.368 e. The van der Waals surface area contributed by atoms with E-state index in [0.29, 0.717) is 5.92 Å². The maximum absolute atomic E-state index is 4.35. The maximum Gasteiger partial charge on any atom is 0.225 e. The van der Waals surface area contributed by atoms with E-state index in [2.05, 4.69) is 58.7 Å². The summed E-state index contributed by atoms with van der Waals surface area (Å²) in [6, 6.07) is 8.78. The highest BCUT2D eigenvalue weighted by molar-refractivity contribution is 5.52. The molecule has 23 heavy (non-hydrogen) atoms. The topological polar surface area (TPSA) is 32.3 Å². The van der Waals surface area contributed by atoms with Crippen LogP contribution in [0.2, 0.25) is 0 Å². The van der Waals surface area contributed by atoms with Crippen molar-refractivity contribution in [3.63, 3.8) is 0 Å². The molecule has 0 radical (unpaired) electrons. The van der Waals surface area contributed by atoms with Crippen LogP contribution in [0.4, 0.5) is 11.6 Å². The third kappa shape index (κ3) is 3.81. The highest BCUT2D eigenvalue weighted by atomic mass is 15.3. The maximum atomic E-state index is 4.35. The lowest BCUT2D eigenvalue weighted by Crippen LogP contribution is -2.47. The summed E-state index contributed by atoms with van der Waals surface area (Å²) in [6.45, 7) is 10.8. The summed E-state index contributed by atoms with van der Waals surface area (Å²) in [7, 11) is 0. The quantitative estimate of drug-likeness (QED) is 0.867. The van der Waals surface area contributed by atoms with Gasteiger partial charge in [-0.15, -0.1) is 0 Å². The van der Waals surface area contributed by atoms with Crippen molar-refractivity contribution in [2.75, 3.05) is 36.0 Å². The molecule has 0 saturated carbocycles. The van der Waals surface area contributed by atoms with Gasteiger partial charge in [0.1, 0.15) is 0 Å². The van der Waals surface area contributed by atoms with E-state index in [1.54, 1.807) is 0 Å². The molecule has 1 aliphatic rings. The molecule has 0 unspecified atom stereocenters. The molecule has 4 nitrogen and oxygen atoms in total. The fourth-order valence-electron chi connectivity index (χ4n) is 3.16. The molecule has 0 N–H and O–H groups in total. The second-order valence-electron chi connectivity index (χ2n) is 6.73. The second-order valence-corrected chi connectivity index (χ2v) is 6.73. The smallest absolute Gasteiger partial charge is 0.225 e. The Morgan fingerprint density at radius 2 is 1.65 bits per heavy atom. The molecule has 2 heterocycles. The Morgan fingerprint density at radius 3 is 2.26 bits per heavy atom. The van der Waals surface area contributed by atoms with Crippen molar-refractivity contribution < 1.29 is 0 Å². The van der Waals surface area contributed by atoms with E-state index in [9.17, 15) is 0 Å². The van der Waals surface area contributed by atoms with Gasteiger partial charge in [0.25, 0.3) is 0 Å². The number of rotatable bonds is 4. The van der Waals surface area contributed by atoms with E-state index in [1.807, 2.05) is 18.5 Å². The van der Waals surface area contributed by atoms with Gasteiger partial charge in [-0.2, -0.15) is 0 Å². The molecule has 3 rings (SSSR count). The number of piperazine rings is 1. The average molecular weight is 310 g/mol. The molecular weight excluding hydrogens is 284 g/mol. The summed E-state index contributed by atoms with van der Waals surface area (Å²) in [6.07, 6.45) is 4.78. The van der Waals surface area contributed by atoms with E-state index in [0.717, 1.165) is 38.5 Å². The van der Waals surface area contributed by atoms with Crippen molar-refractivity contribution in [1.29, 1.82) is 0 Å². The number of aromatic nitrogens is 2. The van der Waals surface area contributed by atoms with Gasteiger partial charge in [0.2, 0.25) is 5.95 Å². The molecule has 1 aliphatic heterocycles. The first-order valence-electron chi connectivity index (χ1n) is 8.50. The summed E-state index contributed by atoms with van der Waals surface area (Å²) in [5, 5.41) is 0. The van der Waals surface area contributed by atoms with Crippen LogP contribution in [0.5, 0.6) is 0 Å². The zero-order valence-corrected chi connectivity index (χ0v) is 14.4. The second kappa shape index (κ2) is 6.99. The summed E-state index contributed by atoms with van der Waals surface area (Å²) in [4.78, 5) is 13.4. The molecule has 0 spiro atoms. The fourth-order valence-corrected chi connectivity index (χ4v) is 3.16. The monoisotopic (exact) mass is 310 g/mol. The third-order valence-electron chi connectivity index (χ3n) is 4.43. The highest BCUT2D eigenvalue weighted by Gasteiger charge is 2.19. The first kappa shape index (κ1) is 15.8. The van der Waals surface area contributed by atoms with Crippen LogP contribution in [0.25, 0.3) is 0 Å². The van der Waals surface area contributed by atoms with Crippen LogP contribution in [0.3, 0.4) is 0 Å². The number of anilines is 2. The average Bonchev–Trinajstić information content (AvgIpc) is 2.57. The Kier molecular flexibility index (Phi) is 4.79. The van der Waals surface area contributed by atoms with Gasteiger partial charge in [-0.05, 0) is 48.6 Å². The molecule has 0 atom stereocenters. The van der Waals surface area contributed by atoms with Crippen molar-refractivity contribution in [3.05, 3.63) is 47.8 Å². The van der Waals surface area contributed by atoms with Crippen molar-refractivity contribution in [1.82, 2.24) is 9.97 Å². The van der Waals surface area contributed by atoms with Crippen molar-refractivity contribution in [2.24, 2.45) is 5.92 Å². The third-order valence-corrected chi connectivity index (χ3v) is 4.43. The zero-order chi connectivity index (χ0) is 16.2. The van der Waals surface area contributed by atoms with Gasteiger partial charge in [-0.1, -0.05) is 19.9 Å². The normalized spacial score (nSPS) is 15.3. The van der Waals surface area contributed by atoms with Crippen LogP contribution in [0.15, 0.2) is 36.7 Å². The number of hydrogen-bond donors (Lipinski definition) is 0. The molecule has 0 amide bonds. The summed E-state index contributed by atoms with van der Waals surface area (Å²) < 4.78 is 0. The Morgan fingerprint density at radius 1 is 1.00 bits per heavy atom. The lowest BCUT2D eigenvalue weighted by Gasteiger charge is -2.36. The van der Waals surface area contributed by atoms with Gasteiger partial charge < -0.3 is 9.80 Å². The SMILES string of the molecule is Cc1cc(N2CCN(c3ncccn3)CC2)ccc1CC(C)C. The Hall–Kier alpha value is -2.10. The van der Waals surface area contributed by atoms with E-state index in [1.165, 1.54) is 16.8 Å². The summed E-state index contributed by atoms with van der Waals surface area (Å²) in [5.41, 5.74) is 4.22. The Labute approximate surface area is 139 Å². The Balaban J connectivity index is 1.65. The fraction of sp³-hybridized carbons (Fsp3) is 0.474. The minimum absolute atomic E-state index is 0.703. The van der Waals surface area contributed by atoms with Gasteiger partial charge >= 0.3 is 0 Å². The summed E-state index contributed by atoms with van der Waals surface area (Å²) in [5.74, 6) is 1.55. The minimum atomic E-state index is 0.703. The molecule has 1 saturated heterocycles. The highest BCUT2D eigenvalue weighted by Crippen LogP contribution is 2.23. The van der Waals surface area contributed by atoms with Crippen molar-refractivity contribution in [2.45, 2.75) is 27.2 Å². The largest absolute Gasteiger partial charge is 0.368 e. The van der Waals surface area contributed by atoms with E-state index in [-0.39, 0.29) is 0 Å². The van der Waals surface area contributed by atoms with Crippen LogP contribution < -0.4 is 9.80 Å². The van der Waals surface area contributed by atoms with Crippen molar-refractivity contribution in [3.8, 4) is 0 Å². The van der Waals surface area contributed by atoms with E-state index < -0.39 is 0 Å². The van der Waals surface area contributed by atoms with Crippen LogP contribution in [0, 0.1) is 12.8 Å². The van der Waals surface area contributed by atoms with Crippen LogP contribution >= 0.6 is 0 Å². The van der Waals surface area contributed by atoms with Crippen molar-refractivity contribution >= 4 is 11.6 Å². The molecule has 0 bridgehead atoms. The number of benzene rings is 1. The lowest BCUT2D eigenvalue weighted by molar-refractivity contribution is 0.636. The number of aryl methyl sites for hydroxylation is 1. The molecule has 2 aromatic rings. The molecule has 4 heteroatoms. The first-order valence-corrected chi connectivity index (χ1v) is 8.50. The molecule has 1 aromatic heterocycles. The van der Waals surface area contributed by atoms with Crippen LogP contribution in [0.1, 0.15) is 25.0 Å². The van der Waals surface area contributed by atoms with Gasteiger partial charge in [0.05, 0.1) is 0 Å². The first-order chi connectivity index (χ1) is 11.1. The standard InChI is InChI=1S/C19H26N4/c1-15(2)13-17-5-6-18(14-16(17)3)22-9-11-23(12-10-22)19-20-7-4-8-21-19/h4-8,14-15H,9-13H2,1-3H3. The zero-order valence-electron chi connectivity index (χ0n) is 14.4. The van der Waals surface area contributed by atoms with Gasteiger partial charge in [-0.25, -0.2) is 9.97 Å².